The van der Waals surface area contributed by atoms with Gasteiger partial charge in [0.1, 0.15) is 5.56 Å². The van der Waals surface area contributed by atoms with Gasteiger partial charge in [-0.1, -0.05) is 0 Å². The maximum Gasteiger partial charge on any atom is 0.324 e. The van der Waals surface area contributed by atoms with E-state index >= 15 is 0 Å². The standard InChI is InChI=1S/C12H14N2O8/c1-3-22-10(15)5-4-7-8(13(17)18)6-9(21-2)12(16)11(7)14(19)20/h6,16H,3-5H2,1-2H3. The Hall–Kier alpha value is -2.91. The van der Waals surface area contributed by atoms with E-state index in [-0.39, 0.29) is 25.0 Å². The van der Waals surface area contributed by atoms with Gasteiger partial charge in [-0.15, -0.1) is 0 Å². The van der Waals surface area contributed by atoms with Gasteiger partial charge < -0.3 is 14.6 Å². The SMILES string of the molecule is CCOC(=O)CCc1c([N+](=O)[O-])cc(OC)c(O)c1[N+](=O)[O-]. The van der Waals surface area contributed by atoms with Crippen LogP contribution in [0.25, 0.3) is 0 Å². The molecular formula is C12H14N2O8. The van der Waals surface area contributed by atoms with Gasteiger partial charge in [0.25, 0.3) is 5.69 Å². The minimum absolute atomic E-state index is 0.122. The van der Waals surface area contributed by atoms with E-state index in [9.17, 15) is 30.1 Å². The summed E-state index contributed by atoms with van der Waals surface area (Å²) in [7, 11) is 1.11. The summed E-state index contributed by atoms with van der Waals surface area (Å²) in [6.45, 7) is 1.71. The first-order valence-corrected chi connectivity index (χ1v) is 6.20. The summed E-state index contributed by atoms with van der Waals surface area (Å²) in [5.74, 6) is -1.86. The van der Waals surface area contributed by atoms with Gasteiger partial charge in [0.15, 0.2) is 5.75 Å². The molecule has 0 saturated carbocycles. The number of carbonyl (C=O) groups is 1. The maximum absolute atomic E-state index is 11.3. The molecule has 0 aromatic heterocycles. The van der Waals surface area contributed by atoms with Gasteiger partial charge in [0.2, 0.25) is 5.75 Å². The molecule has 10 heteroatoms. The number of aromatic hydroxyl groups is 1. The van der Waals surface area contributed by atoms with Gasteiger partial charge in [-0.05, 0) is 13.3 Å². The zero-order valence-corrected chi connectivity index (χ0v) is 11.9. The lowest BCUT2D eigenvalue weighted by molar-refractivity contribution is -0.396. The van der Waals surface area contributed by atoms with Crippen molar-refractivity contribution in [2.45, 2.75) is 19.8 Å². The molecule has 1 aromatic rings. The second-order valence-electron chi connectivity index (χ2n) is 4.09. The Morgan fingerprint density at radius 1 is 1.32 bits per heavy atom. The lowest BCUT2D eigenvalue weighted by atomic mass is 10.0. The Morgan fingerprint density at radius 3 is 2.41 bits per heavy atom. The van der Waals surface area contributed by atoms with Crippen LogP contribution in [0, 0.1) is 20.2 Å². The van der Waals surface area contributed by atoms with Crippen LogP contribution in [0.5, 0.6) is 11.5 Å². The Balaban J connectivity index is 3.38. The molecule has 0 unspecified atom stereocenters. The van der Waals surface area contributed by atoms with Crippen molar-refractivity contribution in [3.63, 3.8) is 0 Å². The number of ether oxygens (including phenoxy) is 2. The third kappa shape index (κ3) is 3.59. The predicted molar refractivity (Wildman–Crippen MR) is 72.9 cm³/mol. The summed E-state index contributed by atoms with van der Waals surface area (Å²) >= 11 is 0. The number of nitro benzene ring substituents is 2. The van der Waals surface area contributed by atoms with Crippen LogP contribution in [0.1, 0.15) is 18.9 Å². The lowest BCUT2D eigenvalue weighted by Crippen LogP contribution is -2.08. The van der Waals surface area contributed by atoms with Crippen molar-refractivity contribution in [1.29, 1.82) is 0 Å². The number of hydrogen-bond acceptors (Lipinski definition) is 8. The molecule has 0 heterocycles. The average Bonchev–Trinajstić information content (AvgIpc) is 2.44. The number of nitro groups is 2. The molecule has 0 aliphatic heterocycles. The van der Waals surface area contributed by atoms with E-state index in [0.29, 0.717) is 0 Å². The first-order valence-electron chi connectivity index (χ1n) is 6.20. The molecule has 0 aliphatic carbocycles. The predicted octanol–water partition coefficient (Wildman–Crippen LogP) is 1.71. The third-order valence-electron chi connectivity index (χ3n) is 2.80. The van der Waals surface area contributed by atoms with Crippen molar-refractivity contribution >= 4 is 17.3 Å². The highest BCUT2D eigenvalue weighted by Crippen LogP contribution is 2.44. The summed E-state index contributed by atoms with van der Waals surface area (Å²) in [6, 6.07) is 0.878. The second kappa shape index (κ2) is 7.20. The largest absolute Gasteiger partial charge is 0.500 e. The van der Waals surface area contributed by atoms with E-state index in [1.165, 1.54) is 0 Å². The van der Waals surface area contributed by atoms with E-state index in [4.69, 9.17) is 4.74 Å². The number of carbonyl (C=O) groups excluding carboxylic acids is 1. The molecule has 0 bridgehead atoms. The smallest absolute Gasteiger partial charge is 0.324 e. The molecule has 0 saturated heterocycles. The Labute approximate surface area is 124 Å². The molecule has 0 fully saturated rings. The molecule has 22 heavy (non-hydrogen) atoms. The Morgan fingerprint density at radius 2 is 1.95 bits per heavy atom. The van der Waals surface area contributed by atoms with Gasteiger partial charge in [0, 0.05) is 0 Å². The Bertz CT molecular complexity index is 614. The molecule has 1 N–H and O–H groups in total. The highest BCUT2D eigenvalue weighted by molar-refractivity contribution is 5.72. The zero-order chi connectivity index (χ0) is 16.9. The fourth-order valence-corrected chi connectivity index (χ4v) is 1.88. The minimum Gasteiger partial charge on any atom is -0.500 e. The summed E-state index contributed by atoms with van der Waals surface area (Å²) in [4.78, 5) is 31.7. The Kier molecular flexibility index (Phi) is 5.61. The van der Waals surface area contributed by atoms with Crippen molar-refractivity contribution in [3.05, 3.63) is 31.9 Å². The number of hydrogen-bond donors (Lipinski definition) is 1. The van der Waals surface area contributed by atoms with Gasteiger partial charge in [-0.2, -0.15) is 0 Å². The molecule has 10 nitrogen and oxygen atoms in total. The summed E-state index contributed by atoms with van der Waals surface area (Å²) in [5.41, 5.74) is -1.82. The van der Waals surface area contributed by atoms with Gasteiger partial charge >= 0.3 is 11.7 Å². The molecule has 0 radical (unpaired) electrons. The fourth-order valence-electron chi connectivity index (χ4n) is 1.88. The third-order valence-corrected chi connectivity index (χ3v) is 2.80. The summed E-state index contributed by atoms with van der Waals surface area (Å²) in [5, 5.41) is 32.0. The van der Waals surface area contributed by atoms with Crippen molar-refractivity contribution in [1.82, 2.24) is 0 Å². The van der Waals surface area contributed by atoms with Crippen LogP contribution in [0.4, 0.5) is 11.4 Å². The van der Waals surface area contributed by atoms with Crippen LogP contribution in [-0.4, -0.2) is 34.6 Å². The maximum atomic E-state index is 11.3. The zero-order valence-electron chi connectivity index (χ0n) is 11.9. The van der Waals surface area contributed by atoms with Gasteiger partial charge in [0.05, 0.1) is 36.1 Å². The van der Waals surface area contributed by atoms with Crippen LogP contribution in [0.15, 0.2) is 6.07 Å². The summed E-state index contributed by atoms with van der Waals surface area (Å²) in [6.07, 6.45) is -0.607. The molecule has 0 spiro atoms. The first kappa shape index (κ1) is 17.1. The monoisotopic (exact) mass is 314 g/mol. The highest BCUT2D eigenvalue weighted by atomic mass is 16.6. The number of rotatable bonds is 7. The van der Waals surface area contributed by atoms with Crippen LogP contribution in [-0.2, 0) is 16.0 Å². The fraction of sp³-hybridized carbons (Fsp3) is 0.417. The average molecular weight is 314 g/mol. The van der Waals surface area contributed by atoms with Crippen LogP contribution < -0.4 is 4.74 Å². The molecular weight excluding hydrogens is 300 g/mol. The molecule has 1 rings (SSSR count). The van der Waals surface area contributed by atoms with E-state index in [1.54, 1.807) is 6.92 Å². The molecule has 0 atom stereocenters. The number of phenols is 1. The molecule has 1 aromatic carbocycles. The topological polar surface area (TPSA) is 142 Å². The number of methoxy groups -OCH3 is 1. The second-order valence-corrected chi connectivity index (χ2v) is 4.09. The van der Waals surface area contributed by atoms with Crippen LogP contribution in [0.2, 0.25) is 0 Å². The number of benzene rings is 1. The van der Waals surface area contributed by atoms with Gasteiger partial charge in [-0.25, -0.2) is 0 Å². The van der Waals surface area contributed by atoms with Crippen molar-refractivity contribution in [3.8, 4) is 11.5 Å². The van der Waals surface area contributed by atoms with Crippen molar-refractivity contribution in [2.75, 3.05) is 13.7 Å². The number of nitrogens with zero attached hydrogens (tertiary/aromatic N) is 2. The summed E-state index contributed by atoms with van der Waals surface area (Å²) < 4.78 is 9.37. The molecule has 0 aliphatic rings. The minimum atomic E-state index is -0.953. The van der Waals surface area contributed by atoms with E-state index < -0.39 is 38.7 Å². The van der Waals surface area contributed by atoms with Crippen LogP contribution >= 0.6 is 0 Å². The molecule has 120 valence electrons. The lowest BCUT2D eigenvalue weighted by Gasteiger charge is -2.09. The van der Waals surface area contributed by atoms with Crippen LogP contribution in [0.3, 0.4) is 0 Å². The number of esters is 1. The highest BCUT2D eigenvalue weighted by Gasteiger charge is 2.32. The van der Waals surface area contributed by atoms with E-state index in [2.05, 4.69) is 4.74 Å². The molecule has 0 amide bonds. The van der Waals surface area contributed by atoms with Gasteiger partial charge in [-0.3, -0.25) is 25.0 Å². The number of phenolic OH excluding ortho intramolecular Hbond substituents is 1. The van der Waals surface area contributed by atoms with Crippen molar-refractivity contribution in [2.24, 2.45) is 0 Å². The quantitative estimate of drug-likeness (QED) is 0.455. The van der Waals surface area contributed by atoms with E-state index in [0.717, 1.165) is 13.2 Å². The normalized spacial score (nSPS) is 10.1. The first-order chi connectivity index (χ1) is 10.3. The van der Waals surface area contributed by atoms with E-state index in [1.807, 2.05) is 0 Å². The van der Waals surface area contributed by atoms with Crippen molar-refractivity contribution < 1.29 is 29.2 Å².